The molecule has 7 heterocycles. The average molecular weight is 1140 g/mol. The number of benzene rings is 4. The van der Waals surface area contributed by atoms with Crippen LogP contribution in [0.3, 0.4) is 0 Å². The topological polar surface area (TPSA) is 216 Å². The van der Waals surface area contributed by atoms with E-state index in [2.05, 4.69) is 47.8 Å². The number of thiocarbonyl (C=S) groups is 2. The standard InChI is InChI=1S/C26H22FN5O3S2.C17H15FN4O2S.C9H7NOS.C4H8O/c27-19-13-17(30-26(36)31-22(33)12-16-6-2-1-3-7-16)8-9-20(19)35-23-18-14-21(37-24(18)29-15-28-23)25(34)32-10-4-5-11-32;18-12-7-10(19)3-4-13(12)24-15-11-8-14(25-16(11)21-9-20-15)17(23)22-5-1-2-6-22;11-9(10-7-12)6-8-4-2-1-3-5-8;1-2-4-5-3-1/h1-3,6-9,13-15H,4-5,10-12H2,(H2,30,31,33,36);3-4,7-9H,1-2,5-6,19H2;1-5H,6H2;1-4H2. The third-order valence-corrected chi connectivity index (χ3v) is 14.4. The molecular weight excluding hydrogens is 1090 g/mol. The number of nitrogens with two attached hydrogens (primary N) is 1. The van der Waals surface area contributed by atoms with Gasteiger partial charge in [0.15, 0.2) is 28.2 Å². The number of aromatic nitrogens is 4. The van der Waals surface area contributed by atoms with Crippen LogP contribution in [0.25, 0.3) is 20.4 Å². The number of anilines is 2. The van der Waals surface area contributed by atoms with Gasteiger partial charge in [0.25, 0.3) is 17.7 Å². The fraction of sp³-hybridized carbons (Fsp3) is 0.250. The van der Waals surface area contributed by atoms with Gasteiger partial charge < -0.3 is 40.4 Å². The SMILES string of the molecule is C1CCOC1.Nc1ccc(Oc2ncnc3sc(C(=O)N4CCCC4)cc23)c(F)c1.O=C(Cc1ccccc1)N=C=S.O=C(Cc1ccccc1)NC(=S)Nc1ccc(Oc2ncnc3sc(C(=O)N4CCCC4)cc23)c(F)c1. The van der Waals surface area contributed by atoms with Crippen LogP contribution in [-0.4, -0.2) is 103 Å². The van der Waals surface area contributed by atoms with E-state index >= 15 is 0 Å². The first kappa shape index (κ1) is 57.1. The number of isothiocyanates is 1. The first-order chi connectivity index (χ1) is 38.4. The van der Waals surface area contributed by atoms with Gasteiger partial charge in [0.2, 0.25) is 17.7 Å². The zero-order chi connectivity index (χ0) is 55.5. The van der Waals surface area contributed by atoms with Gasteiger partial charge in [-0.05, 0) is 110 Å². The highest BCUT2D eigenvalue weighted by Crippen LogP contribution is 2.36. The number of hydrogen-bond acceptors (Lipinski definition) is 16. The predicted octanol–water partition coefficient (Wildman–Crippen LogP) is 11.0. The first-order valence-corrected chi connectivity index (χ1v) is 27.5. The molecule has 0 spiro atoms. The number of nitrogens with zero attached hydrogens (tertiary/aromatic N) is 7. The largest absolute Gasteiger partial charge is 0.435 e. The van der Waals surface area contributed by atoms with Gasteiger partial charge >= 0.3 is 0 Å². The van der Waals surface area contributed by atoms with Crippen LogP contribution in [0.1, 0.15) is 69.0 Å². The molecule has 23 heteroatoms. The minimum absolute atomic E-state index is 0.00915. The molecule has 0 saturated carbocycles. The van der Waals surface area contributed by atoms with E-state index in [1.165, 1.54) is 72.4 Å². The Bertz CT molecular complexity index is 3470. The molecule has 8 aromatic rings. The van der Waals surface area contributed by atoms with Crippen LogP contribution < -0.4 is 25.8 Å². The van der Waals surface area contributed by atoms with Gasteiger partial charge in [-0.1, -0.05) is 60.7 Å². The van der Waals surface area contributed by atoms with Crippen molar-refractivity contribution in [2.24, 2.45) is 4.99 Å². The summed E-state index contributed by atoms with van der Waals surface area (Å²) in [5, 5.41) is 8.62. The minimum atomic E-state index is -0.654. The molecule has 0 aliphatic carbocycles. The molecule has 4 amide bonds. The van der Waals surface area contributed by atoms with Gasteiger partial charge in [-0.3, -0.25) is 19.2 Å². The second-order valence-electron chi connectivity index (χ2n) is 17.8. The van der Waals surface area contributed by atoms with Crippen LogP contribution in [0, 0.1) is 11.6 Å². The summed E-state index contributed by atoms with van der Waals surface area (Å²) in [7, 11) is 0. The molecule has 0 unspecified atom stereocenters. The Hall–Kier alpha value is -8.05. The molecule has 0 atom stereocenters. The number of halogens is 2. The van der Waals surface area contributed by atoms with E-state index in [1.54, 1.807) is 24.3 Å². The van der Waals surface area contributed by atoms with Crippen LogP contribution in [-0.2, 0) is 27.2 Å². The smallest absolute Gasteiger partial charge is 0.264 e. The number of aliphatic imine (C=N–C) groups is 1. The highest BCUT2D eigenvalue weighted by atomic mass is 32.1. The molecular formula is C56H52F2N10O7S4. The molecule has 4 aromatic carbocycles. The van der Waals surface area contributed by atoms with E-state index in [4.69, 9.17) is 32.2 Å². The summed E-state index contributed by atoms with van der Waals surface area (Å²) in [6.07, 6.45) is 9.74. The molecule has 3 fully saturated rings. The van der Waals surface area contributed by atoms with Crippen LogP contribution in [0.15, 0.2) is 127 Å². The number of carbonyl (C=O) groups excluding carboxylic acids is 4. The van der Waals surface area contributed by atoms with Crippen molar-refractivity contribution < 1.29 is 42.2 Å². The van der Waals surface area contributed by atoms with E-state index in [-0.39, 0.29) is 58.4 Å². The highest BCUT2D eigenvalue weighted by Gasteiger charge is 2.25. The average Bonchev–Trinajstić information content (AvgIpc) is 4.41. The highest BCUT2D eigenvalue weighted by molar-refractivity contribution is 7.80. The third kappa shape index (κ3) is 16.5. The number of fused-ring (bicyclic) bond motifs is 2. The number of likely N-dealkylation sites (tertiary alicyclic amines) is 2. The fourth-order valence-corrected chi connectivity index (χ4v) is 10.4. The molecule has 4 aromatic heterocycles. The zero-order valence-corrected chi connectivity index (χ0v) is 45.7. The lowest BCUT2D eigenvalue weighted by Crippen LogP contribution is -2.35. The van der Waals surface area contributed by atoms with Gasteiger partial charge in [-0.15, -0.1) is 22.7 Å². The molecule has 3 saturated heterocycles. The number of carbonyl (C=O) groups is 4. The molecule has 79 heavy (non-hydrogen) atoms. The van der Waals surface area contributed by atoms with E-state index in [0.717, 1.165) is 76.2 Å². The molecule has 406 valence electrons. The summed E-state index contributed by atoms with van der Waals surface area (Å²) < 4.78 is 45.1. The van der Waals surface area contributed by atoms with Crippen LogP contribution in [0.4, 0.5) is 20.2 Å². The molecule has 4 N–H and O–H groups in total. The van der Waals surface area contributed by atoms with Crippen molar-refractivity contribution in [1.29, 1.82) is 0 Å². The van der Waals surface area contributed by atoms with Gasteiger partial charge in [-0.25, -0.2) is 28.7 Å². The minimum Gasteiger partial charge on any atom is -0.435 e. The zero-order valence-electron chi connectivity index (χ0n) is 42.4. The number of thiophene rings is 2. The summed E-state index contributed by atoms with van der Waals surface area (Å²) in [5.74, 6) is -1.47. The van der Waals surface area contributed by atoms with E-state index in [0.29, 0.717) is 48.0 Å². The number of ether oxygens (including phenoxy) is 3. The second-order valence-corrected chi connectivity index (χ2v) is 20.4. The quantitative estimate of drug-likeness (QED) is 0.0624. The van der Waals surface area contributed by atoms with Crippen molar-refractivity contribution in [2.75, 3.05) is 50.4 Å². The van der Waals surface area contributed by atoms with Crippen molar-refractivity contribution in [1.82, 2.24) is 35.1 Å². The summed E-state index contributed by atoms with van der Waals surface area (Å²) >= 11 is 12.0. The van der Waals surface area contributed by atoms with Crippen molar-refractivity contribution in [3.8, 4) is 23.3 Å². The Kier molecular flexibility index (Phi) is 20.6. The number of amides is 4. The van der Waals surface area contributed by atoms with E-state index in [1.807, 2.05) is 75.6 Å². The summed E-state index contributed by atoms with van der Waals surface area (Å²) in [6, 6.07) is 30.5. The van der Waals surface area contributed by atoms with Crippen molar-refractivity contribution in [2.45, 2.75) is 51.4 Å². The lowest BCUT2D eigenvalue weighted by atomic mass is 10.1. The Balaban J connectivity index is 0.000000166. The monoisotopic (exact) mass is 1140 g/mol. The lowest BCUT2D eigenvalue weighted by Gasteiger charge is -2.13. The Morgan fingerprint density at radius 1 is 0.658 bits per heavy atom. The molecule has 3 aliphatic heterocycles. The predicted molar refractivity (Wildman–Crippen MR) is 307 cm³/mol. The van der Waals surface area contributed by atoms with Gasteiger partial charge in [0.1, 0.15) is 22.3 Å². The van der Waals surface area contributed by atoms with Crippen molar-refractivity contribution in [3.05, 3.63) is 154 Å². The summed E-state index contributed by atoms with van der Waals surface area (Å²) in [5.41, 5.74) is 8.00. The Morgan fingerprint density at radius 3 is 1.62 bits per heavy atom. The normalized spacial score (nSPS) is 13.4. The number of nitrogen functional groups attached to an aromatic ring is 1. The first-order valence-electron chi connectivity index (χ1n) is 25.1. The number of nitrogens with one attached hydrogen (secondary N) is 2. The van der Waals surface area contributed by atoms with E-state index in [9.17, 15) is 28.0 Å². The lowest BCUT2D eigenvalue weighted by molar-refractivity contribution is -0.119. The fourth-order valence-electron chi connectivity index (χ4n) is 8.15. The van der Waals surface area contributed by atoms with Gasteiger partial charge in [-0.2, -0.15) is 4.99 Å². The van der Waals surface area contributed by atoms with E-state index < -0.39 is 11.6 Å². The van der Waals surface area contributed by atoms with Gasteiger partial charge in [0, 0.05) is 62.9 Å². The third-order valence-electron chi connectivity index (χ3n) is 12.0. The maximum absolute atomic E-state index is 14.9. The Labute approximate surface area is 471 Å². The molecule has 11 rings (SSSR count). The maximum atomic E-state index is 14.9. The summed E-state index contributed by atoms with van der Waals surface area (Å²) in [4.78, 5) is 74.4. The van der Waals surface area contributed by atoms with Crippen LogP contribution in [0.5, 0.6) is 23.3 Å². The van der Waals surface area contributed by atoms with Gasteiger partial charge in [0.05, 0.1) is 38.5 Å². The maximum Gasteiger partial charge on any atom is 0.264 e. The molecule has 0 bridgehead atoms. The van der Waals surface area contributed by atoms with Crippen LogP contribution >= 0.6 is 47.1 Å². The Morgan fingerprint density at radius 2 is 1.15 bits per heavy atom. The van der Waals surface area contributed by atoms with Crippen molar-refractivity contribution >= 4 is 113 Å². The number of rotatable bonds is 11. The summed E-state index contributed by atoms with van der Waals surface area (Å²) in [6.45, 7) is 5.04. The molecule has 0 radical (unpaired) electrons. The van der Waals surface area contributed by atoms with Crippen LogP contribution in [0.2, 0.25) is 0 Å². The molecule has 3 aliphatic rings. The van der Waals surface area contributed by atoms with Crippen molar-refractivity contribution in [3.63, 3.8) is 0 Å². The second kappa shape index (κ2) is 28.5. The number of hydrogen-bond donors (Lipinski definition) is 3. The molecule has 17 nitrogen and oxygen atoms in total.